The second-order valence-corrected chi connectivity index (χ2v) is 3.51. The molecule has 0 saturated carbocycles. The van der Waals surface area contributed by atoms with Gasteiger partial charge in [-0.2, -0.15) is 0 Å². The van der Waals surface area contributed by atoms with Gasteiger partial charge in [-0.3, -0.25) is 4.99 Å². The molecule has 0 unspecified atom stereocenters. The van der Waals surface area contributed by atoms with Crippen molar-refractivity contribution in [3.8, 4) is 0 Å². The fraction of sp³-hybridized carbons (Fsp3) is 0.533. The van der Waals surface area contributed by atoms with Crippen LogP contribution < -0.4 is 0 Å². The Morgan fingerprint density at radius 3 is 2.25 bits per heavy atom. The molecule has 16 heavy (non-hydrogen) atoms. The Bertz CT molecular complexity index is 255. The molecule has 0 rings (SSSR count). The van der Waals surface area contributed by atoms with Crippen LogP contribution in [0.1, 0.15) is 48.0 Å². The summed E-state index contributed by atoms with van der Waals surface area (Å²) in [4.78, 5) is 4.30. The van der Waals surface area contributed by atoms with Gasteiger partial charge in [0.05, 0.1) is 0 Å². The van der Waals surface area contributed by atoms with Crippen LogP contribution in [0.2, 0.25) is 0 Å². The number of allylic oxidation sites excluding steroid dienone is 5. The van der Waals surface area contributed by atoms with E-state index in [1.54, 1.807) is 0 Å². The number of hydrogen-bond acceptors (Lipinski definition) is 1. The van der Waals surface area contributed by atoms with Gasteiger partial charge >= 0.3 is 0 Å². The van der Waals surface area contributed by atoms with Gasteiger partial charge in [0.2, 0.25) is 0 Å². The highest BCUT2D eigenvalue weighted by atomic mass is 14.7. The molecule has 0 N–H and O–H groups in total. The lowest BCUT2D eigenvalue weighted by Crippen LogP contribution is -1.93. The molecule has 1 heteroatoms. The predicted molar refractivity (Wildman–Crippen MR) is 77.0 cm³/mol. The van der Waals surface area contributed by atoms with Crippen molar-refractivity contribution in [2.45, 2.75) is 48.0 Å². The largest absolute Gasteiger partial charge is 0.266 e. The molecule has 0 amide bonds. The summed E-state index contributed by atoms with van der Waals surface area (Å²) in [5.41, 5.74) is 2.40. The summed E-state index contributed by atoms with van der Waals surface area (Å²) < 4.78 is 0. The minimum atomic E-state index is 0.514. The van der Waals surface area contributed by atoms with E-state index in [9.17, 15) is 0 Å². The summed E-state index contributed by atoms with van der Waals surface area (Å²) in [6, 6.07) is 0. The minimum Gasteiger partial charge on any atom is -0.266 e. The van der Waals surface area contributed by atoms with Crippen LogP contribution in [0.15, 0.2) is 41.1 Å². The van der Waals surface area contributed by atoms with E-state index in [1.807, 2.05) is 40.0 Å². The van der Waals surface area contributed by atoms with E-state index >= 15 is 0 Å². The first-order chi connectivity index (χ1) is 7.63. The van der Waals surface area contributed by atoms with Gasteiger partial charge in [-0.1, -0.05) is 45.9 Å². The van der Waals surface area contributed by atoms with Gasteiger partial charge in [-0.05, 0) is 31.8 Å². The maximum atomic E-state index is 4.30. The molecule has 0 aromatic carbocycles. The predicted octanol–water partition coefficient (Wildman–Crippen LogP) is 5.17. The average molecular weight is 221 g/mol. The third kappa shape index (κ3) is 8.22. The first kappa shape index (κ1) is 17.3. The zero-order valence-electron chi connectivity index (χ0n) is 11.7. The van der Waals surface area contributed by atoms with E-state index in [4.69, 9.17) is 0 Å². The van der Waals surface area contributed by atoms with Crippen LogP contribution >= 0.6 is 0 Å². The zero-order chi connectivity index (χ0) is 13.0. The van der Waals surface area contributed by atoms with Crippen molar-refractivity contribution in [2.24, 2.45) is 10.9 Å². The first-order valence-electron chi connectivity index (χ1n) is 6.10. The van der Waals surface area contributed by atoms with Crippen LogP contribution in [0.25, 0.3) is 0 Å². The molecule has 0 aliphatic rings. The van der Waals surface area contributed by atoms with Crippen LogP contribution in [0.4, 0.5) is 0 Å². The lowest BCUT2D eigenvalue weighted by Gasteiger charge is -2.08. The summed E-state index contributed by atoms with van der Waals surface area (Å²) in [6.07, 6.45) is 8.91. The summed E-state index contributed by atoms with van der Waals surface area (Å²) in [6.45, 7) is 16.0. The summed E-state index contributed by atoms with van der Waals surface area (Å²) >= 11 is 0. The molecule has 0 heterocycles. The molecule has 0 saturated heterocycles. The number of nitrogens with zero attached hydrogens (tertiary/aromatic N) is 1. The van der Waals surface area contributed by atoms with Gasteiger partial charge in [0, 0.05) is 11.9 Å². The summed E-state index contributed by atoms with van der Waals surface area (Å²) in [5, 5.41) is 0. The summed E-state index contributed by atoms with van der Waals surface area (Å²) in [7, 11) is 0. The quantitative estimate of drug-likeness (QED) is 0.345. The molecule has 0 spiro atoms. The number of rotatable bonds is 5. The van der Waals surface area contributed by atoms with E-state index in [0.717, 1.165) is 12.1 Å². The molecule has 0 radical (unpaired) electrons. The molecule has 0 fully saturated rings. The monoisotopic (exact) mass is 221 g/mol. The molecule has 0 aromatic rings. The standard InChI is InChI=1S/C13H21N.C2H6/c1-6-8-9-10-13(11(3)4)12(5)14-7-2;1-2/h6-7,9-11H,1,8H2,2-5H3;1-2H3/b10-9-,13-12-,14-7?;. The van der Waals surface area contributed by atoms with Crippen LogP contribution in [0.5, 0.6) is 0 Å². The topological polar surface area (TPSA) is 12.4 Å². The molecular weight excluding hydrogens is 194 g/mol. The van der Waals surface area contributed by atoms with Crippen molar-refractivity contribution in [3.05, 3.63) is 36.1 Å². The van der Waals surface area contributed by atoms with Crippen LogP contribution in [0, 0.1) is 5.92 Å². The lowest BCUT2D eigenvalue weighted by atomic mass is 10.0. The highest BCUT2D eigenvalue weighted by molar-refractivity contribution is 5.55. The maximum absolute atomic E-state index is 4.30. The first-order valence-corrected chi connectivity index (χ1v) is 6.10. The van der Waals surface area contributed by atoms with E-state index in [2.05, 4.69) is 37.6 Å². The molecule has 92 valence electrons. The zero-order valence-corrected chi connectivity index (χ0v) is 11.7. The van der Waals surface area contributed by atoms with Gasteiger partial charge < -0.3 is 0 Å². The molecule has 0 bridgehead atoms. The highest BCUT2D eigenvalue weighted by Gasteiger charge is 2.02. The number of aliphatic imine (C=N–C) groups is 1. The Kier molecular flexibility index (Phi) is 12.9. The molecule has 0 aliphatic heterocycles. The van der Waals surface area contributed by atoms with Gasteiger partial charge in [0.1, 0.15) is 0 Å². The fourth-order valence-corrected chi connectivity index (χ4v) is 1.29. The Morgan fingerprint density at radius 2 is 1.88 bits per heavy atom. The molecule has 0 atom stereocenters. The van der Waals surface area contributed by atoms with Crippen LogP contribution in [-0.4, -0.2) is 6.21 Å². The van der Waals surface area contributed by atoms with Crippen LogP contribution in [-0.2, 0) is 0 Å². The molecular formula is C15H27N. The Hall–Kier alpha value is -1.11. The van der Waals surface area contributed by atoms with E-state index in [-0.39, 0.29) is 0 Å². The second kappa shape index (κ2) is 12.0. The van der Waals surface area contributed by atoms with E-state index in [1.165, 1.54) is 5.57 Å². The smallest absolute Gasteiger partial charge is 0.0403 e. The number of hydrogen-bond donors (Lipinski definition) is 0. The third-order valence-electron chi connectivity index (χ3n) is 1.96. The SMILES string of the molecule is C=CC/C=C\C(=C(/C)N=CC)C(C)C.CC. The third-order valence-corrected chi connectivity index (χ3v) is 1.96. The highest BCUT2D eigenvalue weighted by Crippen LogP contribution is 2.17. The minimum absolute atomic E-state index is 0.514. The normalized spacial score (nSPS) is 12.7. The van der Waals surface area contributed by atoms with Crippen molar-refractivity contribution in [2.75, 3.05) is 0 Å². The van der Waals surface area contributed by atoms with Gasteiger partial charge in [0.15, 0.2) is 0 Å². The van der Waals surface area contributed by atoms with Gasteiger partial charge in [-0.15, -0.1) is 6.58 Å². The van der Waals surface area contributed by atoms with Crippen molar-refractivity contribution < 1.29 is 0 Å². The maximum Gasteiger partial charge on any atom is 0.0403 e. The molecule has 0 aliphatic carbocycles. The van der Waals surface area contributed by atoms with Crippen molar-refractivity contribution in [3.63, 3.8) is 0 Å². The lowest BCUT2D eigenvalue weighted by molar-refractivity contribution is 0.777. The fourth-order valence-electron chi connectivity index (χ4n) is 1.29. The Balaban J connectivity index is 0. The van der Waals surface area contributed by atoms with Crippen molar-refractivity contribution >= 4 is 6.21 Å². The summed E-state index contributed by atoms with van der Waals surface area (Å²) in [5.74, 6) is 0.514. The average Bonchev–Trinajstić information content (AvgIpc) is 2.27. The van der Waals surface area contributed by atoms with Crippen LogP contribution in [0.3, 0.4) is 0 Å². The second-order valence-electron chi connectivity index (χ2n) is 3.51. The van der Waals surface area contributed by atoms with E-state index < -0.39 is 0 Å². The van der Waals surface area contributed by atoms with E-state index in [0.29, 0.717) is 5.92 Å². The molecule has 0 aromatic heterocycles. The van der Waals surface area contributed by atoms with Gasteiger partial charge in [-0.25, -0.2) is 0 Å². The van der Waals surface area contributed by atoms with Crippen molar-refractivity contribution in [1.82, 2.24) is 0 Å². The van der Waals surface area contributed by atoms with Gasteiger partial charge in [0.25, 0.3) is 0 Å². The Labute approximate surface area is 102 Å². The molecule has 1 nitrogen and oxygen atoms in total. The van der Waals surface area contributed by atoms with Crippen molar-refractivity contribution in [1.29, 1.82) is 0 Å². The Morgan fingerprint density at radius 1 is 1.31 bits per heavy atom.